The van der Waals surface area contributed by atoms with E-state index in [2.05, 4.69) is 10.3 Å². The van der Waals surface area contributed by atoms with Crippen LogP contribution in [0.15, 0.2) is 36.5 Å². The molecule has 2 N–H and O–H groups in total. The molecule has 1 aromatic carbocycles. The summed E-state index contributed by atoms with van der Waals surface area (Å²) in [4.78, 5) is 16.4. The van der Waals surface area contributed by atoms with Crippen molar-refractivity contribution in [3.05, 3.63) is 47.9 Å². The average molecular weight is 519 g/mol. The number of nitrogens with zero attached hydrogens (tertiary/aromatic N) is 3. The molecule has 0 atom stereocenters. The van der Waals surface area contributed by atoms with Gasteiger partial charge in [-0.05, 0) is 50.8 Å². The van der Waals surface area contributed by atoms with Crippen molar-refractivity contribution in [2.45, 2.75) is 63.5 Å². The summed E-state index contributed by atoms with van der Waals surface area (Å²) in [6.45, 7) is 4.73. The smallest absolute Gasteiger partial charge is 0.433 e. The number of pyridine rings is 1. The predicted octanol–water partition coefficient (Wildman–Crippen LogP) is 4.98. The van der Waals surface area contributed by atoms with Crippen molar-refractivity contribution in [2.24, 2.45) is 5.92 Å². The molecule has 11 heteroatoms. The van der Waals surface area contributed by atoms with Gasteiger partial charge in [-0.1, -0.05) is 6.07 Å². The second kappa shape index (κ2) is 9.60. The molecule has 198 valence electrons. The van der Waals surface area contributed by atoms with E-state index in [0.29, 0.717) is 43.0 Å². The van der Waals surface area contributed by atoms with Gasteiger partial charge in [-0.15, -0.1) is 0 Å². The Hall–Kier alpha value is -3.18. The number of nitrogens with one attached hydrogen (secondary N) is 1. The Kier molecular flexibility index (Phi) is 6.61. The minimum Gasteiger partial charge on any atom is -0.488 e. The first-order valence-corrected chi connectivity index (χ1v) is 12.3. The van der Waals surface area contributed by atoms with Crippen LogP contribution in [0.2, 0.25) is 0 Å². The zero-order chi connectivity index (χ0) is 26.4. The molecule has 5 rings (SSSR count). The maximum Gasteiger partial charge on any atom is 0.433 e. The van der Waals surface area contributed by atoms with Crippen molar-refractivity contribution < 1.29 is 32.5 Å². The molecular formula is C26H29F3N4O4. The van der Waals surface area contributed by atoms with E-state index in [4.69, 9.17) is 14.6 Å². The molecule has 1 aliphatic heterocycles. The quantitative estimate of drug-likeness (QED) is 0.478. The van der Waals surface area contributed by atoms with Crippen molar-refractivity contribution in [3.8, 4) is 5.75 Å². The molecule has 2 aromatic heterocycles. The van der Waals surface area contributed by atoms with Crippen molar-refractivity contribution in [2.75, 3.05) is 18.5 Å². The van der Waals surface area contributed by atoms with Crippen molar-refractivity contribution in [1.29, 1.82) is 0 Å². The van der Waals surface area contributed by atoms with E-state index in [0.717, 1.165) is 30.4 Å². The van der Waals surface area contributed by atoms with E-state index in [-0.39, 0.29) is 23.8 Å². The van der Waals surface area contributed by atoms with Crippen LogP contribution >= 0.6 is 0 Å². The number of benzene rings is 1. The molecule has 2 fully saturated rings. The molecule has 1 amide bonds. The molecule has 0 radical (unpaired) electrons. The summed E-state index contributed by atoms with van der Waals surface area (Å²) in [5, 5.41) is 18.4. The molecule has 0 spiro atoms. The Morgan fingerprint density at radius 1 is 1.19 bits per heavy atom. The minimum absolute atomic E-state index is 0.130. The second-order valence-corrected chi connectivity index (χ2v) is 10.3. The first-order chi connectivity index (χ1) is 17.5. The Morgan fingerprint density at radius 2 is 1.92 bits per heavy atom. The fourth-order valence-corrected chi connectivity index (χ4v) is 4.71. The van der Waals surface area contributed by atoms with Crippen LogP contribution in [0.25, 0.3) is 10.9 Å². The molecular weight excluding hydrogens is 489 g/mol. The molecule has 0 bridgehead atoms. The lowest BCUT2D eigenvalue weighted by atomic mass is 9.71. The van der Waals surface area contributed by atoms with Crippen LogP contribution in [0.1, 0.15) is 61.8 Å². The number of ether oxygens (including phenoxy) is 2. The largest absolute Gasteiger partial charge is 0.488 e. The molecule has 37 heavy (non-hydrogen) atoms. The molecule has 3 heterocycles. The Labute approximate surface area is 211 Å². The van der Waals surface area contributed by atoms with E-state index >= 15 is 0 Å². The van der Waals surface area contributed by atoms with Crippen LogP contribution in [0.5, 0.6) is 5.75 Å². The zero-order valence-corrected chi connectivity index (χ0v) is 20.6. The Balaban J connectivity index is 1.43. The van der Waals surface area contributed by atoms with Crippen LogP contribution in [0.3, 0.4) is 0 Å². The zero-order valence-electron chi connectivity index (χ0n) is 20.6. The van der Waals surface area contributed by atoms with E-state index in [1.54, 1.807) is 12.1 Å². The monoisotopic (exact) mass is 518 g/mol. The van der Waals surface area contributed by atoms with Gasteiger partial charge in [0.15, 0.2) is 0 Å². The number of amides is 1. The minimum atomic E-state index is -4.66. The fraction of sp³-hybridized carbons (Fsp3) is 0.500. The Morgan fingerprint density at radius 3 is 2.59 bits per heavy atom. The van der Waals surface area contributed by atoms with E-state index in [9.17, 15) is 23.1 Å². The van der Waals surface area contributed by atoms with Crippen LogP contribution in [-0.2, 0) is 10.9 Å². The van der Waals surface area contributed by atoms with Crippen LogP contribution < -0.4 is 10.1 Å². The lowest BCUT2D eigenvalue weighted by Crippen LogP contribution is -2.41. The van der Waals surface area contributed by atoms with Crippen LogP contribution in [-0.4, -0.2) is 50.7 Å². The maximum absolute atomic E-state index is 13.1. The number of fused-ring (bicyclic) bond motifs is 1. The van der Waals surface area contributed by atoms with E-state index in [1.807, 2.05) is 24.7 Å². The number of halogens is 3. The lowest BCUT2D eigenvalue weighted by molar-refractivity contribution is -0.141. The second-order valence-electron chi connectivity index (χ2n) is 10.3. The number of alkyl halides is 3. The van der Waals surface area contributed by atoms with Crippen molar-refractivity contribution in [1.82, 2.24) is 14.8 Å². The summed E-state index contributed by atoms with van der Waals surface area (Å²) in [5.74, 6) is -0.207. The third-order valence-electron chi connectivity index (χ3n) is 7.09. The number of hydrogen-bond donors (Lipinski definition) is 2. The molecule has 2 aliphatic rings. The number of aromatic nitrogens is 3. The number of carbonyl (C=O) groups excluding carboxylic acids is 1. The lowest BCUT2D eigenvalue weighted by Gasteiger charge is -2.42. The van der Waals surface area contributed by atoms with Crippen molar-refractivity contribution >= 4 is 22.5 Å². The normalized spacial score (nSPS) is 21.0. The van der Waals surface area contributed by atoms with Crippen LogP contribution in [0.4, 0.5) is 18.9 Å². The highest BCUT2D eigenvalue weighted by Crippen LogP contribution is 2.44. The van der Waals surface area contributed by atoms with Gasteiger partial charge in [0, 0.05) is 30.5 Å². The number of aliphatic hydroxyl groups is 1. The number of anilines is 1. The molecule has 1 aliphatic carbocycles. The van der Waals surface area contributed by atoms with Gasteiger partial charge in [-0.3, -0.25) is 9.48 Å². The summed E-state index contributed by atoms with van der Waals surface area (Å²) in [6, 6.07) is 6.80. The number of hydrogen-bond acceptors (Lipinski definition) is 6. The van der Waals surface area contributed by atoms with Gasteiger partial charge in [0.25, 0.3) is 5.91 Å². The molecule has 8 nitrogen and oxygen atoms in total. The standard InChI is InChI=1S/C26H29F3N4O4/c1-25(2,35)16-11-17(12-16)33-14-15-10-21(22(13-20(15)32-33)37-18-6-8-36-9-7-18)31-24(34)19-4-3-5-23(30-19)26(27,28)29/h3-5,10,13-14,16-18,35H,6-9,11-12H2,1-2H3,(H,31,34)/t16-,17-. The summed E-state index contributed by atoms with van der Waals surface area (Å²) in [6.07, 6.45) is 0.0331. The summed E-state index contributed by atoms with van der Waals surface area (Å²) < 4.78 is 52.8. The van der Waals surface area contributed by atoms with Gasteiger partial charge >= 0.3 is 6.18 Å². The summed E-state index contributed by atoms with van der Waals surface area (Å²) in [5.41, 5.74) is -1.24. The molecule has 1 saturated carbocycles. The third-order valence-corrected chi connectivity index (χ3v) is 7.09. The number of carbonyl (C=O) groups is 1. The fourth-order valence-electron chi connectivity index (χ4n) is 4.71. The predicted molar refractivity (Wildman–Crippen MR) is 129 cm³/mol. The Bertz CT molecular complexity index is 1290. The highest BCUT2D eigenvalue weighted by molar-refractivity contribution is 6.05. The summed E-state index contributed by atoms with van der Waals surface area (Å²) in [7, 11) is 0. The van der Waals surface area contributed by atoms with Gasteiger partial charge in [0.05, 0.1) is 36.1 Å². The van der Waals surface area contributed by atoms with Crippen molar-refractivity contribution in [3.63, 3.8) is 0 Å². The highest BCUT2D eigenvalue weighted by Gasteiger charge is 2.40. The van der Waals surface area contributed by atoms with E-state index < -0.39 is 23.4 Å². The van der Waals surface area contributed by atoms with Gasteiger partial charge in [0.1, 0.15) is 23.2 Å². The van der Waals surface area contributed by atoms with Gasteiger partial charge in [0.2, 0.25) is 0 Å². The number of rotatable bonds is 6. The maximum atomic E-state index is 13.1. The van der Waals surface area contributed by atoms with Gasteiger partial charge in [-0.25, -0.2) is 4.98 Å². The van der Waals surface area contributed by atoms with Gasteiger partial charge in [-0.2, -0.15) is 18.3 Å². The topological polar surface area (TPSA) is 98.5 Å². The molecule has 3 aromatic rings. The van der Waals surface area contributed by atoms with Gasteiger partial charge < -0.3 is 19.9 Å². The summed E-state index contributed by atoms with van der Waals surface area (Å²) >= 11 is 0. The SMILES string of the molecule is CC(C)(O)[C@H]1C[C@H](n2cc3cc(NC(=O)c4cccc(C(F)(F)F)n4)c(OC4CCOCC4)cc3n2)C1. The average Bonchev–Trinajstić information content (AvgIpc) is 3.19. The van der Waals surface area contributed by atoms with E-state index in [1.165, 1.54) is 6.07 Å². The molecule has 1 saturated heterocycles. The molecule has 0 unspecified atom stereocenters. The highest BCUT2D eigenvalue weighted by atomic mass is 19.4. The third kappa shape index (κ3) is 5.57. The first kappa shape index (κ1) is 25.5. The first-order valence-electron chi connectivity index (χ1n) is 12.3. The van der Waals surface area contributed by atoms with Crippen LogP contribution in [0, 0.1) is 5.92 Å².